The smallest absolute Gasteiger partial charge is 0.227 e. The molecule has 2 aliphatic rings. The molecule has 0 bridgehead atoms. The van der Waals surface area contributed by atoms with Gasteiger partial charge in [-0.25, -0.2) is 4.39 Å². The Morgan fingerprint density at radius 3 is 2.61 bits per heavy atom. The van der Waals surface area contributed by atoms with Crippen LogP contribution in [0, 0.1) is 17.7 Å². The van der Waals surface area contributed by atoms with Gasteiger partial charge in [0.05, 0.1) is 5.92 Å². The first-order valence-electron chi connectivity index (χ1n) is 8.41. The molecule has 23 heavy (non-hydrogen) atoms. The summed E-state index contributed by atoms with van der Waals surface area (Å²) in [5.74, 6) is -0.254. The van der Waals surface area contributed by atoms with Crippen LogP contribution in [-0.4, -0.2) is 24.4 Å². The first-order chi connectivity index (χ1) is 11.0. The zero-order valence-corrected chi connectivity index (χ0v) is 13.4. The highest BCUT2D eigenvalue weighted by molar-refractivity contribution is 6.00. The summed E-state index contributed by atoms with van der Waals surface area (Å²) in [7, 11) is 0. The van der Waals surface area contributed by atoms with Crippen molar-refractivity contribution >= 4 is 17.5 Å². The molecular weight excluding hydrogens is 295 g/mol. The minimum atomic E-state index is -0.332. The lowest BCUT2D eigenvalue weighted by molar-refractivity contribution is -0.127. The lowest BCUT2D eigenvalue weighted by Crippen LogP contribution is -2.44. The van der Waals surface area contributed by atoms with Crippen molar-refractivity contribution in [2.45, 2.75) is 45.1 Å². The van der Waals surface area contributed by atoms with Gasteiger partial charge in [0.25, 0.3) is 0 Å². The quantitative estimate of drug-likeness (QED) is 0.931. The molecular formula is C18H23FN2O2. The van der Waals surface area contributed by atoms with Gasteiger partial charge in [0.2, 0.25) is 11.8 Å². The molecule has 1 saturated heterocycles. The highest BCUT2D eigenvalue weighted by Gasteiger charge is 2.36. The molecule has 1 saturated carbocycles. The summed E-state index contributed by atoms with van der Waals surface area (Å²) in [6.07, 6.45) is 4.78. The predicted octanol–water partition coefficient (Wildman–Crippen LogP) is 2.87. The van der Waals surface area contributed by atoms with Crippen LogP contribution in [0.5, 0.6) is 0 Å². The Balaban J connectivity index is 1.62. The van der Waals surface area contributed by atoms with Crippen LogP contribution in [-0.2, 0) is 9.59 Å². The number of benzene rings is 1. The molecule has 1 N–H and O–H groups in total. The summed E-state index contributed by atoms with van der Waals surface area (Å²) in [5.41, 5.74) is 0.651. The van der Waals surface area contributed by atoms with Gasteiger partial charge in [-0.05, 0) is 43.0 Å². The molecule has 1 aliphatic heterocycles. The lowest BCUT2D eigenvalue weighted by Gasteiger charge is -2.30. The van der Waals surface area contributed by atoms with Gasteiger partial charge in [-0.15, -0.1) is 0 Å². The lowest BCUT2D eigenvalue weighted by atomic mass is 9.85. The van der Waals surface area contributed by atoms with E-state index in [0.29, 0.717) is 18.2 Å². The molecule has 2 amide bonds. The highest BCUT2D eigenvalue weighted by Crippen LogP contribution is 2.27. The van der Waals surface area contributed by atoms with Gasteiger partial charge in [-0.1, -0.05) is 19.8 Å². The van der Waals surface area contributed by atoms with Crippen molar-refractivity contribution in [3.8, 4) is 0 Å². The molecule has 0 spiro atoms. The zero-order chi connectivity index (χ0) is 16.4. The summed E-state index contributed by atoms with van der Waals surface area (Å²) in [5, 5.41) is 3.13. The van der Waals surface area contributed by atoms with Gasteiger partial charge in [-0.3, -0.25) is 9.59 Å². The van der Waals surface area contributed by atoms with Crippen molar-refractivity contribution in [1.29, 1.82) is 0 Å². The third-order valence-electron chi connectivity index (χ3n) is 5.07. The molecule has 0 aromatic heterocycles. The molecule has 1 heterocycles. The number of rotatable bonds is 3. The molecule has 1 aromatic carbocycles. The zero-order valence-electron chi connectivity index (χ0n) is 13.4. The standard InChI is InChI=1S/C18H23FN2O2/c1-12-4-2-3-5-16(12)20-18(23)13-10-17(22)21(11-13)15-8-6-14(19)7-9-15/h6-9,12-13,16H,2-5,10-11H2,1H3,(H,20,23)/t12-,13+,16+/m0/s1. The molecule has 4 nitrogen and oxygen atoms in total. The first-order valence-corrected chi connectivity index (χ1v) is 8.41. The van der Waals surface area contributed by atoms with Crippen molar-refractivity contribution < 1.29 is 14.0 Å². The number of nitrogens with one attached hydrogen (secondary N) is 1. The van der Waals surface area contributed by atoms with E-state index in [9.17, 15) is 14.0 Å². The number of carbonyl (C=O) groups is 2. The number of anilines is 1. The minimum Gasteiger partial charge on any atom is -0.353 e. The van der Waals surface area contributed by atoms with Gasteiger partial charge in [0.15, 0.2) is 0 Å². The number of carbonyl (C=O) groups excluding carboxylic acids is 2. The molecule has 124 valence electrons. The van der Waals surface area contributed by atoms with E-state index >= 15 is 0 Å². The summed E-state index contributed by atoms with van der Waals surface area (Å²) in [4.78, 5) is 26.2. The molecule has 2 fully saturated rings. The van der Waals surface area contributed by atoms with E-state index in [4.69, 9.17) is 0 Å². The maximum absolute atomic E-state index is 13.0. The highest BCUT2D eigenvalue weighted by atomic mass is 19.1. The Kier molecular flexibility index (Phi) is 4.64. The van der Waals surface area contributed by atoms with Crippen molar-refractivity contribution in [1.82, 2.24) is 5.32 Å². The number of hydrogen-bond acceptors (Lipinski definition) is 2. The molecule has 0 radical (unpaired) electrons. The molecule has 0 unspecified atom stereocenters. The Morgan fingerprint density at radius 2 is 1.91 bits per heavy atom. The van der Waals surface area contributed by atoms with Crippen LogP contribution in [0.4, 0.5) is 10.1 Å². The fourth-order valence-corrected chi connectivity index (χ4v) is 3.59. The van der Waals surface area contributed by atoms with Gasteiger partial charge < -0.3 is 10.2 Å². The van der Waals surface area contributed by atoms with Crippen LogP contribution < -0.4 is 10.2 Å². The van der Waals surface area contributed by atoms with Crippen molar-refractivity contribution in [2.75, 3.05) is 11.4 Å². The summed E-state index contributed by atoms with van der Waals surface area (Å²) in [6, 6.07) is 6.05. The van der Waals surface area contributed by atoms with E-state index in [0.717, 1.165) is 19.3 Å². The van der Waals surface area contributed by atoms with E-state index in [1.165, 1.54) is 18.6 Å². The number of nitrogens with zero attached hydrogens (tertiary/aromatic N) is 1. The molecule has 1 aliphatic carbocycles. The number of amides is 2. The average molecular weight is 318 g/mol. The SMILES string of the molecule is C[C@H]1CCCC[C@H]1NC(=O)[C@@H]1CC(=O)N(c2ccc(F)cc2)C1. The topological polar surface area (TPSA) is 49.4 Å². The second-order valence-electron chi connectivity index (χ2n) is 6.76. The Labute approximate surface area is 136 Å². The minimum absolute atomic E-state index is 0.0262. The maximum Gasteiger partial charge on any atom is 0.227 e. The van der Waals surface area contributed by atoms with E-state index in [-0.39, 0.29) is 36.0 Å². The van der Waals surface area contributed by atoms with E-state index in [2.05, 4.69) is 12.2 Å². The van der Waals surface area contributed by atoms with Gasteiger partial charge in [0.1, 0.15) is 5.82 Å². The van der Waals surface area contributed by atoms with Crippen LogP contribution in [0.1, 0.15) is 39.0 Å². The van der Waals surface area contributed by atoms with Crippen LogP contribution >= 0.6 is 0 Å². The van der Waals surface area contributed by atoms with Crippen molar-refractivity contribution in [3.63, 3.8) is 0 Å². The van der Waals surface area contributed by atoms with E-state index < -0.39 is 0 Å². The van der Waals surface area contributed by atoms with Gasteiger partial charge in [0, 0.05) is 24.7 Å². The third kappa shape index (κ3) is 3.54. The molecule has 5 heteroatoms. The predicted molar refractivity (Wildman–Crippen MR) is 86.4 cm³/mol. The van der Waals surface area contributed by atoms with Crippen LogP contribution in [0.2, 0.25) is 0 Å². The molecule has 1 aromatic rings. The van der Waals surface area contributed by atoms with E-state index in [1.54, 1.807) is 17.0 Å². The largest absolute Gasteiger partial charge is 0.353 e. The van der Waals surface area contributed by atoms with Crippen LogP contribution in [0.3, 0.4) is 0 Å². The van der Waals surface area contributed by atoms with Gasteiger partial charge >= 0.3 is 0 Å². The number of halogens is 1. The van der Waals surface area contributed by atoms with Gasteiger partial charge in [-0.2, -0.15) is 0 Å². The molecule has 3 rings (SSSR count). The monoisotopic (exact) mass is 318 g/mol. The summed E-state index contributed by atoms with van der Waals surface area (Å²) >= 11 is 0. The Hall–Kier alpha value is -1.91. The second kappa shape index (κ2) is 6.69. The normalized spacial score (nSPS) is 28.0. The summed E-state index contributed by atoms with van der Waals surface area (Å²) < 4.78 is 13.0. The maximum atomic E-state index is 13.0. The average Bonchev–Trinajstić information content (AvgIpc) is 2.92. The third-order valence-corrected chi connectivity index (χ3v) is 5.07. The van der Waals surface area contributed by atoms with E-state index in [1.807, 2.05) is 0 Å². The molecule has 3 atom stereocenters. The summed E-state index contributed by atoms with van der Waals surface area (Å²) in [6.45, 7) is 2.55. The van der Waals surface area contributed by atoms with Crippen LogP contribution in [0.25, 0.3) is 0 Å². The fraction of sp³-hybridized carbons (Fsp3) is 0.556. The van der Waals surface area contributed by atoms with Crippen molar-refractivity contribution in [2.24, 2.45) is 11.8 Å². The fourth-order valence-electron chi connectivity index (χ4n) is 3.59. The Bertz CT molecular complexity index is 587. The first kappa shape index (κ1) is 16.0. The number of hydrogen-bond donors (Lipinski definition) is 1. The Morgan fingerprint density at radius 1 is 1.22 bits per heavy atom. The van der Waals surface area contributed by atoms with Crippen molar-refractivity contribution in [3.05, 3.63) is 30.1 Å². The van der Waals surface area contributed by atoms with Crippen LogP contribution in [0.15, 0.2) is 24.3 Å². The second-order valence-corrected chi connectivity index (χ2v) is 6.76.